The number of anilines is 1. The van der Waals surface area contributed by atoms with Crippen molar-refractivity contribution in [2.45, 2.75) is 6.92 Å². The molecular formula is C24H19IN4O4. The quantitative estimate of drug-likeness (QED) is 0.281. The molecule has 8 nitrogen and oxygen atoms in total. The molecule has 0 aliphatic rings. The number of hydrogen-bond donors (Lipinski definition) is 2. The number of halogens is 1. The Balaban J connectivity index is 1.46. The summed E-state index contributed by atoms with van der Waals surface area (Å²) in [6.45, 7) is 1.78. The van der Waals surface area contributed by atoms with Crippen molar-refractivity contribution >= 4 is 51.3 Å². The molecule has 1 aromatic heterocycles. The maximum absolute atomic E-state index is 12.6. The van der Waals surface area contributed by atoms with E-state index in [-0.39, 0.29) is 12.5 Å². The van der Waals surface area contributed by atoms with Crippen molar-refractivity contribution in [3.8, 4) is 5.75 Å². The molecule has 0 aliphatic heterocycles. The molecule has 4 rings (SSSR count). The Morgan fingerprint density at radius 1 is 1.12 bits per heavy atom. The molecule has 166 valence electrons. The van der Waals surface area contributed by atoms with E-state index in [1.165, 1.54) is 6.21 Å². The minimum absolute atomic E-state index is 0.139. The Morgan fingerprint density at radius 3 is 2.67 bits per heavy atom. The van der Waals surface area contributed by atoms with Crippen molar-refractivity contribution in [3.05, 3.63) is 102 Å². The monoisotopic (exact) mass is 554 g/mol. The fourth-order valence-corrected chi connectivity index (χ4v) is 3.83. The van der Waals surface area contributed by atoms with Gasteiger partial charge in [-0.3, -0.25) is 9.59 Å². The zero-order chi connectivity index (χ0) is 23.4. The van der Waals surface area contributed by atoms with Gasteiger partial charge in [0.25, 0.3) is 11.5 Å². The summed E-state index contributed by atoms with van der Waals surface area (Å²) in [4.78, 5) is 39.6. The molecular weight excluding hydrogens is 535 g/mol. The molecule has 9 heteroatoms. The summed E-state index contributed by atoms with van der Waals surface area (Å²) >= 11 is 2.09. The third kappa shape index (κ3) is 5.20. The van der Waals surface area contributed by atoms with E-state index >= 15 is 0 Å². The Bertz CT molecular complexity index is 1490. The van der Waals surface area contributed by atoms with Crippen LogP contribution in [-0.4, -0.2) is 28.4 Å². The van der Waals surface area contributed by atoms with Gasteiger partial charge in [-0.15, -0.1) is 4.68 Å². The topological polar surface area (TPSA) is 106 Å². The molecule has 0 unspecified atom stereocenters. The maximum Gasteiger partial charge on any atom is 0.349 e. The number of amides is 1. The van der Waals surface area contributed by atoms with E-state index in [2.05, 4.69) is 38.0 Å². The highest BCUT2D eigenvalue weighted by Gasteiger charge is 2.09. The number of H-pyrrole nitrogens is 1. The first kappa shape index (κ1) is 22.5. The Hall–Kier alpha value is -3.73. The minimum atomic E-state index is -0.621. The summed E-state index contributed by atoms with van der Waals surface area (Å²) in [5.41, 5.74) is 1.71. The van der Waals surface area contributed by atoms with E-state index in [0.29, 0.717) is 22.2 Å². The average molecular weight is 554 g/mol. The minimum Gasteiger partial charge on any atom is -0.483 e. The first-order valence-corrected chi connectivity index (χ1v) is 11.1. The van der Waals surface area contributed by atoms with Gasteiger partial charge in [-0.25, -0.2) is 4.79 Å². The molecule has 0 bridgehead atoms. The normalized spacial score (nSPS) is 11.1. The van der Waals surface area contributed by atoms with Crippen LogP contribution >= 0.6 is 22.6 Å². The highest BCUT2D eigenvalue weighted by atomic mass is 127. The lowest BCUT2D eigenvalue weighted by Gasteiger charge is -2.10. The molecule has 1 amide bonds. The zero-order valence-electron chi connectivity index (χ0n) is 17.5. The lowest BCUT2D eigenvalue weighted by atomic mass is 10.2. The van der Waals surface area contributed by atoms with Gasteiger partial charge in [-0.05, 0) is 77.0 Å². The highest BCUT2D eigenvalue weighted by molar-refractivity contribution is 14.1. The van der Waals surface area contributed by atoms with Gasteiger partial charge < -0.3 is 15.0 Å². The average Bonchev–Trinajstić information content (AvgIpc) is 2.80. The number of aryl methyl sites for hydroxylation is 1. The maximum atomic E-state index is 12.6. The summed E-state index contributed by atoms with van der Waals surface area (Å²) in [6, 6.07) is 19.5. The first-order valence-electron chi connectivity index (χ1n) is 9.98. The molecule has 1 heterocycles. The molecule has 4 aromatic rings. The first-order chi connectivity index (χ1) is 15.9. The fourth-order valence-electron chi connectivity index (χ4n) is 3.14. The van der Waals surface area contributed by atoms with Crippen molar-refractivity contribution in [1.29, 1.82) is 0 Å². The van der Waals surface area contributed by atoms with Crippen LogP contribution in [0.4, 0.5) is 5.69 Å². The number of para-hydroxylation sites is 2. The highest BCUT2D eigenvalue weighted by Crippen LogP contribution is 2.22. The number of rotatable bonds is 6. The van der Waals surface area contributed by atoms with E-state index in [1.54, 1.807) is 42.5 Å². The van der Waals surface area contributed by atoms with Gasteiger partial charge in [0, 0.05) is 5.69 Å². The van der Waals surface area contributed by atoms with E-state index in [9.17, 15) is 14.4 Å². The number of carbonyl (C=O) groups is 1. The van der Waals surface area contributed by atoms with E-state index in [4.69, 9.17) is 4.74 Å². The van der Waals surface area contributed by atoms with Crippen LogP contribution in [-0.2, 0) is 4.79 Å². The van der Waals surface area contributed by atoms with Gasteiger partial charge in [0.15, 0.2) is 6.61 Å². The van der Waals surface area contributed by atoms with Crippen LogP contribution in [0, 0.1) is 10.5 Å². The molecule has 0 fully saturated rings. The molecule has 33 heavy (non-hydrogen) atoms. The second-order valence-corrected chi connectivity index (χ2v) is 8.34. The molecule has 0 atom stereocenters. The van der Waals surface area contributed by atoms with Crippen LogP contribution in [0.2, 0.25) is 0 Å². The summed E-state index contributed by atoms with van der Waals surface area (Å²) in [5, 5.41) is 7.25. The summed E-state index contributed by atoms with van der Waals surface area (Å²) in [5.74, 6) is 0.272. The Morgan fingerprint density at radius 2 is 1.88 bits per heavy atom. The zero-order valence-corrected chi connectivity index (χ0v) is 19.7. The largest absolute Gasteiger partial charge is 0.483 e. The standard InChI is InChI=1S/C24H19IN4O4/c1-15-6-2-4-8-19(15)27-22(30)14-33-21-11-10-16(12-18(21)25)13-26-29-23(31)17-7-3-5-9-20(17)28-24(29)32/h2-13H,14H2,1H3,(H,27,30)(H,28,32). The number of fused-ring (bicyclic) bond motifs is 1. The number of nitrogens with zero attached hydrogens (tertiary/aromatic N) is 2. The van der Waals surface area contributed by atoms with Gasteiger partial charge >= 0.3 is 5.69 Å². The summed E-state index contributed by atoms with van der Waals surface area (Å²) < 4.78 is 7.18. The summed E-state index contributed by atoms with van der Waals surface area (Å²) in [6.07, 6.45) is 1.42. The van der Waals surface area contributed by atoms with Gasteiger partial charge in [0.05, 0.1) is 20.7 Å². The molecule has 0 radical (unpaired) electrons. The summed E-state index contributed by atoms with van der Waals surface area (Å²) in [7, 11) is 0. The number of benzene rings is 3. The van der Waals surface area contributed by atoms with Gasteiger partial charge in [0.2, 0.25) is 0 Å². The predicted octanol–water partition coefficient (Wildman–Crippen LogP) is 3.50. The van der Waals surface area contributed by atoms with Crippen LogP contribution in [0.1, 0.15) is 11.1 Å². The third-order valence-corrected chi connectivity index (χ3v) is 5.68. The molecule has 0 spiro atoms. The Kier molecular flexibility index (Phi) is 6.68. The number of carbonyl (C=O) groups excluding carboxylic acids is 1. The molecule has 2 N–H and O–H groups in total. The number of hydrogen-bond acceptors (Lipinski definition) is 5. The lowest BCUT2D eigenvalue weighted by Crippen LogP contribution is -2.32. The fraction of sp³-hybridized carbons (Fsp3) is 0.0833. The third-order valence-electron chi connectivity index (χ3n) is 4.84. The van der Waals surface area contributed by atoms with E-state index < -0.39 is 11.2 Å². The van der Waals surface area contributed by atoms with Crippen LogP contribution in [0.25, 0.3) is 10.9 Å². The van der Waals surface area contributed by atoms with Crippen LogP contribution in [0.15, 0.2) is 81.4 Å². The second-order valence-electron chi connectivity index (χ2n) is 7.18. The number of aromatic nitrogens is 2. The van der Waals surface area contributed by atoms with E-state index in [1.807, 2.05) is 31.2 Å². The SMILES string of the molecule is Cc1ccccc1NC(=O)COc1ccc(C=Nn2c(=O)[nH]c3ccccc3c2=O)cc1I. The van der Waals surface area contributed by atoms with Crippen molar-refractivity contribution < 1.29 is 9.53 Å². The number of ether oxygens (including phenoxy) is 1. The van der Waals surface area contributed by atoms with Gasteiger partial charge in [0.1, 0.15) is 5.75 Å². The molecule has 0 aliphatic carbocycles. The van der Waals surface area contributed by atoms with Crippen molar-refractivity contribution in [3.63, 3.8) is 0 Å². The number of nitrogens with one attached hydrogen (secondary N) is 2. The molecule has 3 aromatic carbocycles. The second kappa shape index (κ2) is 9.82. The number of aromatic amines is 1. The van der Waals surface area contributed by atoms with Gasteiger partial charge in [-0.1, -0.05) is 30.3 Å². The van der Waals surface area contributed by atoms with Crippen LogP contribution < -0.4 is 21.3 Å². The van der Waals surface area contributed by atoms with Crippen molar-refractivity contribution in [1.82, 2.24) is 9.66 Å². The van der Waals surface area contributed by atoms with E-state index in [0.717, 1.165) is 19.5 Å². The predicted molar refractivity (Wildman–Crippen MR) is 136 cm³/mol. The Labute approximate surface area is 202 Å². The lowest BCUT2D eigenvalue weighted by molar-refractivity contribution is -0.118. The molecule has 0 saturated carbocycles. The molecule has 0 saturated heterocycles. The van der Waals surface area contributed by atoms with Crippen molar-refractivity contribution in [2.24, 2.45) is 5.10 Å². The van der Waals surface area contributed by atoms with Gasteiger partial charge in [-0.2, -0.15) is 5.10 Å². The van der Waals surface area contributed by atoms with Crippen LogP contribution in [0.3, 0.4) is 0 Å². The van der Waals surface area contributed by atoms with Crippen molar-refractivity contribution in [2.75, 3.05) is 11.9 Å². The van der Waals surface area contributed by atoms with Crippen LogP contribution in [0.5, 0.6) is 5.75 Å². The smallest absolute Gasteiger partial charge is 0.349 e.